The maximum atomic E-state index is 12.4. The zero-order chi connectivity index (χ0) is 23.1. The third kappa shape index (κ3) is 5.56. The molecule has 32 heavy (non-hydrogen) atoms. The highest BCUT2D eigenvalue weighted by Gasteiger charge is 2.17. The molecule has 10 nitrogen and oxygen atoms in total. The third-order valence-corrected chi connectivity index (χ3v) is 6.14. The fourth-order valence-corrected chi connectivity index (χ4v) is 4.11. The van der Waals surface area contributed by atoms with Gasteiger partial charge in [0.15, 0.2) is 11.5 Å². The second kappa shape index (κ2) is 10.2. The quantitative estimate of drug-likeness (QED) is 0.355. The molecule has 2 amide bonds. The number of aromatic amines is 1. The minimum absolute atomic E-state index is 0.0254. The second-order valence-corrected chi connectivity index (χ2v) is 8.56. The Hall–Kier alpha value is -3.57. The van der Waals surface area contributed by atoms with Crippen LogP contribution in [0.1, 0.15) is 12.0 Å². The summed E-state index contributed by atoms with van der Waals surface area (Å²) in [4.78, 5) is 27.1. The first-order valence-electron chi connectivity index (χ1n) is 9.68. The number of benzene rings is 2. The van der Waals surface area contributed by atoms with Gasteiger partial charge in [0.25, 0.3) is 0 Å². The van der Waals surface area contributed by atoms with Gasteiger partial charge >= 0.3 is 0 Å². The number of hydrazine groups is 1. The number of ether oxygens (including phenoxy) is 2. The number of hydrogen-bond acceptors (Lipinski definition) is 6. The number of aromatic nitrogens is 1. The highest BCUT2D eigenvalue weighted by Crippen LogP contribution is 2.29. The lowest BCUT2D eigenvalue weighted by Gasteiger charge is -2.11. The largest absolute Gasteiger partial charge is 0.493 e. The first kappa shape index (κ1) is 23.1. The fourth-order valence-electron chi connectivity index (χ4n) is 3.06. The predicted octanol–water partition coefficient (Wildman–Crippen LogP) is 1.24. The van der Waals surface area contributed by atoms with E-state index in [4.69, 9.17) is 9.47 Å². The Morgan fingerprint density at radius 1 is 0.969 bits per heavy atom. The van der Waals surface area contributed by atoms with Gasteiger partial charge in [0.1, 0.15) is 0 Å². The van der Waals surface area contributed by atoms with E-state index in [1.165, 1.54) is 32.4 Å². The van der Waals surface area contributed by atoms with E-state index in [2.05, 4.69) is 20.6 Å². The molecule has 1 heterocycles. The van der Waals surface area contributed by atoms with Gasteiger partial charge < -0.3 is 14.5 Å². The molecular formula is C21H24N4O6S. The summed E-state index contributed by atoms with van der Waals surface area (Å²) < 4.78 is 37.4. The molecule has 2 aromatic carbocycles. The van der Waals surface area contributed by atoms with Crippen molar-refractivity contribution in [2.75, 3.05) is 20.8 Å². The molecule has 3 rings (SSSR count). The molecule has 0 bridgehead atoms. The summed E-state index contributed by atoms with van der Waals surface area (Å²) in [7, 11) is -1.01. The van der Waals surface area contributed by atoms with E-state index in [-0.39, 0.29) is 30.0 Å². The molecule has 0 unspecified atom stereocenters. The van der Waals surface area contributed by atoms with E-state index in [1.54, 1.807) is 6.20 Å². The predicted molar refractivity (Wildman–Crippen MR) is 118 cm³/mol. The van der Waals surface area contributed by atoms with Crippen LogP contribution in [0, 0.1) is 0 Å². The van der Waals surface area contributed by atoms with Crippen molar-refractivity contribution in [1.82, 2.24) is 20.6 Å². The molecule has 0 spiro atoms. The molecule has 0 atom stereocenters. The highest BCUT2D eigenvalue weighted by atomic mass is 32.2. The van der Waals surface area contributed by atoms with Crippen LogP contribution in [-0.4, -0.2) is 46.0 Å². The third-order valence-electron chi connectivity index (χ3n) is 4.68. The number of fused-ring (bicyclic) bond motifs is 1. The Bertz CT molecular complexity index is 1220. The van der Waals surface area contributed by atoms with Crippen LogP contribution in [0.4, 0.5) is 0 Å². The van der Waals surface area contributed by atoms with Gasteiger partial charge in [0.2, 0.25) is 21.8 Å². The number of carbonyl (C=O) groups excluding carboxylic acids is 2. The number of carbonyl (C=O) groups is 2. The first-order valence-corrected chi connectivity index (χ1v) is 11.2. The lowest BCUT2D eigenvalue weighted by atomic mass is 10.1. The van der Waals surface area contributed by atoms with Crippen molar-refractivity contribution in [3.05, 3.63) is 54.2 Å². The Morgan fingerprint density at radius 2 is 1.69 bits per heavy atom. The fraction of sp³-hybridized carbons (Fsp3) is 0.238. The van der Waals surface area contributed by atoms with Gasteiger partial charge in [-0.25, -0.2) is 13.1 Å². The van der Waals surface area contributed by atoms with Gasteiger partial charge in [0.05, 0.1) is 25.5 Å². The number of H-pyrrole nitrogens is 1. The average molecular weight is 461 g/mol. The summed E-state index contributed by atoms with van der Waals surface area (Å²) in [6, 6.07) is 11.7. The van der Waals surface area contributed by atoms with Gasteiger partial charge in [-0.1, -0.05) is 18.2 Å². The Balaban J connectivity index is 1.46. The molecule has 170 valence electrons. The van der Waals surface area contributed by atoms with E-state index in [9.17, 15) is 18.0 Å². The van der Waals surface area contributed by atoms with Crippen LogP contribution in [0.15, 0.2) is 53.6 Å². The van der Waals surface area contributed by atoms with Crippen LogP contribution >= 0.6 is 0 Å². The van der Waals surface area contributed by atoms with Crippen LogP contribution in [0.2, 0.25) is 0 Å². The number of amides is 2. The van der Waals surface area contributed by atoms with Gasteiger partial charge in [-0.2, -0.15) is 0 Å². The lowest BCUT2D eigenvalue weighted by Crippen LogP contribution is -2.43. The Morgan fingerprint density at radius 3 is 2.44 bits per heavy atom. The second-order valence-electron chi connectivity index (χ2n) is 6.80. The zero-order valence-electron chi connectivity index (χ0n) is 17.6. The normalized spacial score (nSPS) is 11.2. The van der Waals surface area contributed by atoms with Crippen LogP contribution < -0.4 is 25.0 Å². The summed E-state index contributed by atoms with van der Waals surface area (Å²) in [5.41, 5.74) is 6.33. The van der Waals surface area contributed by atoms with Crippen LogP contribution in [0.25, 0.3) is 10.9 Å². The highest BCUT2D eigenvalue weighted by molar-refractivity contribution is 7.89. The van der Waals surface area contributed by atoms with Crippen LogP contribution in [0.5, 0.6) is 11.5 Å². The molecule has 0 saturated heterocycles. The maximum absolute atomic E-state index is 12.4. The number of nitrogens with one attached hydrogen (secondary N) is 4. The number of rotatable bonds is 9. The standard InChI is InChI=1S/C21H24N4O6S/c1-30-18-8-7-15(12-19(18)31-2)32(28,29)23-10-9-20(26)24-25-21(27)11-14-13-22-17-6-4-3-5-16(14)17/h3-8,12-13,22-23H,9-11H2,1-2H3,(H,24,26)(H,25,27). The van der Waals surface area contributed by atoms with Gasteiger partial charge in [-0.3, -0.25) is 20.4 Å². The van der Waals surface area contributed by atoms with Crippen molar-refractivity contribution in [3.8, 4) is 11.5 Å². The van der Waals surface area contributed by atoms with Crippen LogP contribution in [-0.2, 0) is 26.0 Å². The van der Waals surface area contributed by atoms with Gasteiger partial charge in [-0.05, 0) is 23.8 Å². The van der Waals surface area contributed by atoms with Crippen molar-refractivity contribution >= 4 is 32.7 Å². The average Bonchev–Trinajstić information content (AvgIpc) is 3.19. The summed E-state index contributed by atoms with van der Waals surface area (Å²) in [6.07, 6.45) is 1.66. The topological polar surface area (TPSA) is 139 Å². The molecule has 0 fully saturated rings. The summed E-state index contributed by atoms with van der Waals surface area (Å²) >= 11 is 0. The zero-order valence-corrected chi connectivity index (χ0v) is 18.4. The molecule has 0 saturated carbocycles. The van der Waals surface area contributed by atoms with Gasteiger partial charge in [0, 0.05) is 36.1 Å². The van der Waals surface area contributed by atoms with E-state index in [1.807, 2.05) is 24.3 Å². The van der Waals surface area contributed by atoms with Crippen molar-refractivity contribution in [1.29, 1.82) is 0 Å². The minimum Gasteiger partial charge on any atom is -0.493 e. The Kier molecular flexibility index (Phi) is 7.33. The van der Waals surface area contributed by atoms with E-state index < -0.39 is 21.8 Å². The smallest absolute Gasteiger partial charge is 0.242 e. The monoisotopic (exact) mass is 460 g/mol. The van der Waals surface area contributed by atoms with Crippen molar-refractivity contribution in [2.45, 2.75) is 17.7 Å². The van der Waals surface area contributed by atoms with Crippen LogP contribution in [0.3, 0.4) is 0 Å². The van der Waals surface area contributed by atoms with E-state index in [0.29, 0.717) is 5.75 Å². The molecular weight excluding hydrogens is 436 g/mol. The number of sulfonamides is 1. The number of para-hydroxylation sites is 1. The molecule has 0 radical (unpaired) electrons. The summed E-state index contributed by atoms with van der Waals surface area (Å²) in [5.74, 6) is -0.262. The van der Waals surface area contributed by atoms with Gasteiger partial charge in [-0.15, -0.1) is 0 Å². The Labute approximate surface area is 185 Å². The number of hydrogen-bond donors (Lipinski definition) is 4. The molecule has 0 aliphatic rings. The molecule has 0 aliphatic carbocycles. The molecule has 11 heteroatoms. The van der Waals surface area contributed by atoms with E-state index in [0.717, 1.165) is 16.5 Å². The van der Waals surface area contributed by atoms with E-state index >= 15 is 0 Å². The summed E-state index contributed by atoms with van der Waals surface area (Å²) in [6.45, 7) is -0.152. The first-order chi connectivity index (χ1) is 15.3. The molecule has 3 aromatic rings. The van der Waals surface area contributed by atoms with Crippen molar-refractivity contribution in [2.24, 2.45) is 0 Å². The number of methoxy groups -OCH3 is 2. The van der Waals surface area contributed by atoms with Crippen molar-refractivity contribution in [3.63, 3.8) is 0 Å². The summed E-state index contributed by atoms with van der Waals surface area (Å²) in [5, 5.41) is 0.929. The maximum Gasteiger partial charge on any atom is 0.242 e. The molecule has 1 aromatic heterocycles. The molecule has 0 aliphatic heterocycles. The SMILES string of the molecule is COc1ccc(S(=O)(=O)NCCC(=O)NNC(=O)Cc2c[nH]c3ccccc23)cc1OC. The molecule has 4 N–H and O–H groups in total. The van der Waals surface area contributed by atoms with Crippen molar-refractivity contribution < 1.29 is 27.5 Å². The lowest BCUT2D eigenvalue weighted by molar-refractivity contribution is -0.128. The minimum atomic E-state index is -3.86.